The van der Waals surface area contributed by atoms with E-state index < -0.39 is 0 Å². The molecule has 0 aliphatic rings. The van der Waals surface area contributed by atoms with Gasteiger partial charge in [-0.05, 0) is 0 Å². The number of methoxy groups -OCH3 is 1. The van der Waals surface area contributed by atoms with Gasteiger partial charge in [-0.2, -0.15) is 0 Å². The number of carbonyl (C=O) groups excluding carboxylic acids is 1. The molecule has 0 bridgehead atoms. The summed E-state index contributed by atoms with van der Waals surface area (Å²) in [5.41, 5.74) is 0. The van der Waals surface area contributed by atoms with Gasteiger partial charge >= 0.3 is 5.97 Å². The topological polar surface area (TPSA) is 26.3 Å². The average molecular weight is 279 g/mol. The predicted molar refractivity (Wildman–Crippen MR) is 38.8 cm³/mol. The van der Waals surface area contributed by atoms with E-state index in [9.17, 15) is 4.79 Å². The van der Waals surface area contributed by atoms with E-state index >= 15 is 0 Å². The molecule has 0 spiro atoms. The van der Waals surface area contributed by atoms with Gasteiger partial charge in [0.1, 0.15) is 0 Å². The van der Waals surface area contributed by atoms with Crippen molar-refractivity contribution in [2.24, 2.45) is 0 Å². The van der Waals surface area contributed by atoms with Crippen molar-refractivity contribution in [1.82, 2.24) is 0 Å². The number of hydrogen-bond donors (Lipinski definition) is 0. The number of esters is 1. The van der Waals surface area contributed by atoms with Gasteiger partial charge in [-0.3, -0.25) is 4.79 Å². The maximum atomic E-state index is 10.2. The van der Waals surface area contributed by atoms with E-state index in [0.29, 0.717) is 0 Å². The predicted octanol–water partition coefficient (Wildman–Crippen LogP) is 1.32. The zero-order valence-corrected chi connectivity index (χ0v) is 7.39. The molecule has 0 aliphatic heterocycles. The van der Waals surface area contributed by atoms with E-state index in [1.54, 1.807) is 0 Å². The maximum Gasteiger partial charge on any atom is 0.329 e. The monoisotopic (exact) mass is 278 g/mol. The standard InChI is InChI=1S/C3H4BrIO2/c1-7-3(6)2(4)5/h2H,1H3. The molecule has 0 rings (SSSR count). The minimum absolute atomic E-state index is 0.213. The second kappa shape index (κ2) is 3.65. The minimum atomic E-state index is -0.249. The third kappa shape index (κ3) is 3.28. The lowest BCUT2D eigenvalue weighted by molar-refractivity contribution is -0.137. The van der Waals surface area contributed by atoms with E-state index in [2.05, 4.69) is 20.7 Å². The molecule has 0 saturated carbocycles. The average Bonchev–Trinajstić information content (AvgIpc) is 1.65. The Bertz CT molecular complexity index is 73.3. The molecule has 1 atom stereocenters. The van der Waals surface area contributed by atoms with Gasteiger partial charge in [-0.15, -0.1) is 0 Å². The Morgan fingerprint density at radius 2 is 2.43 bits per heavy atom. The molecule has 42 valence electrons. The van der Waals surface area contributed by atoms with Gasteiger partial charge in [0.05, 0.1) is 7.11 Å². The number of hydrogen-bond acceptors (Lipinski definition) is 2. The molecule has 0 aromatic heterocycles. The van der Waals surface area contributed by atoms with Crippen molar-refractivity contribution < 1.29 is 9.53 Å². The lowest BCUT2D eigenvalue weighted by atomic mass is 10.8. The lowest BCUT2D eigenvalue weighted by Gasteiger charge is -1.94. The van der Waals surface area contributed by atoms with E-state index in [1.807, 2.05) is 22.6 Å². The first-order valence-electron chi connectivity index (χ1n) is 1.54. The maximum absolute atomic E-state index is 10.2. The molecule has 1 unspecified atom stereocenters. The van der Waals surface area contributed by atoms with Crippen LogP contribution in [0.1, 0.15) is 0 Å². The molecule has 0 heterocycles. The van der Waals surface area contributed by atoms with Crippen LogP contribution in [0.3, 0.4) is 0 Å². The van der Waals surface area contributed by atoms with E-state index in [-0.39, 0.29) is 8.80 Å². The van der Waals surface area contributed by atoms with Crippen molar-refractivity contribution in [3.05, 3.63) is 0 Å². The fourth-order valence-electron chi connectivity index (χ4n) is 0.0891. The summed E-state index contributed by atoms with van der Waals surface area (Å²) in [6.07, 6.45) is 0. The molecular weight excluding hydrogens is 275 g/mol. The van der Waals surface area contributed by atoms with Crippen LogP contribution in [0.25, 0.3) is 0 Å². The van der Waals surface area contributed by atoms with E-state index in [4.69, 9.17) is 0 Å². The van der Waals surface area contributed by atoms with Crippen LogP contribution < -0.4 is 0 Å². The molecular formula is C3H4BrIO2. The summed E-state index contributed by atoms with van der Waals surface area (Å²) >= 11 is 4.92. The number of halogens is 2. The van der Waals surface area contributed by atoms with Crippen LogP contribution in [0.2, 0.25) is 0 Å². The second-order valence-electron chi connectivity index (χ2n) is 0.824. The van der Waals surface area contributed by atoms with Gasteiger partial charge in [0.15, 0.2) is 2.83 Å². The van der Waals surface area contributed by atoms with Gasteiger partial charge in [0.25, 0.3) is 0 Å². The molecule has 0 radical (unpaired) electrons. The van der Waals surface area contributed by atoms with Gasteiger partial charge in [-0.1, -0.05) is 38.5 Å². The van der Waals surface area contributed by atoms with Gasteiger partial charge in [-0.25, -0.2) is 0 Å². The van der Waals surface area contributed by atoms with Crippen molar-refractivity contribution in [2.45, 2.75) is 2.83 Å². The highest BCUT2D eigenvalue weighted by Crippen LogP contribution is 2.09. The molecule has 0 fully saturated rings. The third-order valence-electron chi connectivity index (χ3n) is 0.379. The van der Waals surface area contributed by atoms with Crippen molar-refractivity contribution >= 4 is 44.5 Å². The first-order chi connectivity index (χ1) is 3.18. The largest absolute Gasteiger partial charge is 0.468 e. The molecule has 0 N–H and O–H groups in total. The zero-order valence-electron chi connectivity index (χ0n) is 3.65. The quantitative estimate of drug-likeness (QED) is 0.411. The molecule has 7 heavy (non-hydrogen) atoms. The highest BCUT2D eigenvalue weighted by atomic mass is 127. The molecule has 0 aromatic carbocycles. The molecule has 0 aliphatic carbocycles. The van der Waals surface area contributed by atoms with Gasteiger partial charge in [0.2, 0.25) is 0 Å². The number of alkyl halides is 2. The van der Waals surface area contributed by atoms with Crippen LogP contribution in [-0.4, -0.2) is 15.9 Å². The summed E-state index contributed by atoms with van der Waals surface area (Å²) in [6, 6.07) is 0. The van der Waals surface area contributed by atoms with Crippen LogP contribution in [0.5, 0.6) is 0 Å². The summed E-state index contributed by atoms with van der Waals surface area (Å²) in [5, 5.41) is 0. The Balaban J connectivity index is 3.35. The molecule has 0 aromatic rings. The molecule has 2 nitrogen and oxygen atoms in total. The van der Waals surface area contributed by atoms with Crippen molar-refractivity contribution in [1.29, 1.82) is 0 Å². The van der Waals surface area contributed by atoms with E-state index in [0.717, 1.165) is 0 Å². The second-order valence-corrected chi connectivity index (χ2v) is 4.70. The Morgan fingerprint density at radius 3 is 2.43 bits per heavy atom. The normalized spacial score (nSPS) is 13.0. The Morgan fingerprint density at radius 1 is 2.00 bits per heavy atom. The third-order valence-corrected chi connectivity index (χ3v) is 1.26. The summed E-state index contributed by atoms with van der Waals surface area (Å²) in [4.78, 5) is 10.2. The number of rotatable bonds is 1. The molecule has 4 heteroatoms. The van der Waals surface area contributed by atoms with Crippen molar-refractivity contribution in [2.75, 3.05) is 7.11 Å². The summed E-state index contributed by atoms with van der Waals surface area (Å²) in [6.45, 7) is 0. The zero-order chi connectivity index (χ0) is 5.86. The summed E-state index contributed by atoms with van der Waals surface area (Å²) < 4.78 is 4.11. The lowest BCUT2D eigenvalue weighted by Crippen LogP contribution is -2.07. The van der Waals surface area contributed by atoms with Gasteiger partial charge in [0, 0.05) is 0 Å². The van der Waals surface area contributed by atoms with Gasteiger partial charge < -0.3 is 4.74 Å². The summed E-state index contributed by atoms with van der Waals surface area (Å²) in [7, 11) is 1.36. The number of ether oxygens (including phenoxy) is 1. The minimum Gasteiger partial charge on any atom is -0.468 e. The van der Waals surface area contributed by atoms with Crippen LogP contribution in [0, 0.1) is 0 Å². The van der Waals surface area contributed by atoms with Crippen LogP contribution in [0.15, 0.2) is 0 Å². The van der Waals surface area contributed by atoms with Crippen LogP contribution >= 0.6 is 38.5 Å². The highest BCUT2D eigenvalue weighted by molar-refractivity contribution is 14.1. The Labute approximate surface area is 63.9 Å². The van der Waals surface area contributed by atoms with Crippen LogP contribution in [0.4, 0.5) is 0 Å². The Hall–Kier alpha value is 0.680. The summed E-state index contributed by atoms with van der Waals surface area (Å²) in [5.74, 6) is -0.249. The first-order valence-corrected chi connectivity index (χ1v) is 3.70. The highest BCUT2D eigenvalue weighted by Gasteiger charge is 2.07. The smallest absolute Gasteiger partial charge is 0.329 e. The van der Waals surface area contributed by atoms with Crippen LogP contribution in [-0.2, 0) is 9.53 Å². The number of carbonyl (C=O) groups is 1. The van der Waals surface area contributed by atoms with Crippen molar-refractivity contribution in [3.8, 4) is 0 Å². The first kappa shape index (κ1) is 7.68. The van der Waals surface area contributed by atoms with Crippen molar-refractivity contribution in [3.63, 3.8) is 0 Å². The molecule has 0 saturated heterocycles. The van der Waals surface area contributed by atoms with E-state index in [1.165, 1.54) is 7.11 Å². The SMILES string of the molecule is COC(=O)C(Br)I. The fraction of sp³-hybridized carbons (Fsp3) is 0.667. The fourth-order valence-corrected chi connectivity index (χ4v) is 0.530. The molecule has 0 amide bonds. The Kier molecular flexibility index (Phi) is 4.01.